The van der Waals surface area contributed by atoms with Gasteiger partial charge in [0.2, 0.25) is 0 Å². The number of esters is 1. The van der Waals surface area contributed by atoms with Crippen LogP contribution in [-0.4, -0.2) is 76.0 Å². The second-order valence-corrected chi connectivity index (χ2v) is 8.95. The highest BCUT2D eigenvalue weighted by atomic mass is 32.2. The number of carbonyl (C=O) groups is 1. The molecule has 1 atom stereocenters. The number of sulfonamides is 1. The number of carbonyl (C=O) groups excluding carboxylic acids is 1. The van der Waals surface area contributed by atoms with E-state index in [-0.39, 0.29) is 10.3 Å². The zero-order valence-corrected chi connectivity index (χ0v) is 14.7. The second kappa shape index (κ2) is 6.86. The Morgan fingerprint density at radius 3 is 2.74 bits per heavy atom. The first-order valence-electron chi connectivity index (χ1n) is 7.65. The van der Waals surface area contributed by atoms with Gasteiger partial charge in [0.05, 0.1) is 7.11 Å². The highest BCUT2D eigenvalue weighted by Gasteiger charge is 2.36. The van der Waals surface area contributed by atoms with Crippen LogP contribution in [0.4, 0.5) is 0 Å². The maximum atomic E-state index is 12.7. The fraction of sp³-hybridized carbons (Fsp3) is 0.643. The molecule has 1 aromatic heterocycles. The molecular formula is C14H21N3O4S2. The molecule has 0 radical (unpaired) electrons. The molecule has 23 heavy (non-hydrogen) atoms. The summed E-state index contributed by atoms with van der Waals surface area (Å²) in [5.74, 6) is -0.503. The molecule has 0 aromatic carbocycles. The van der Waals surface area contributed by atoms with Crippen LogP contribution in [0.15, 0.2) is 16.3 Å². The summed E-state index contributed by atoms with van der Waals surface area (Å²) in [4.78, 5) is 14.2. The molecule has 0 bridgehead atoms. The van der Waals surface area contributed by atoms with E-state index in [4.69, 9.17) is 0 Å². The summed E-state index contributed by atoms with van der Waals surface area (Å²) in [5, 5.41) is 3.31. The lowest BCUT2D eigenvalue weighted by Gasteiger charge is -2.32. The lowest BCUT2D eigenvalue weighted by molar-refractivity contribution is 0.0606. The van der Waals surface area contributed by atoms with Crippen LogP contribution < -0.4 is 5.32 Å². The number of nitrogens with zero attached hydrogens (tertiary/aromatic N) is 2. The lowest BCUT2D eigenvalue weighted by Crippen LogP contribution is -2.49. The van der Waals surface area contributed by atoms with Crippen molar-refractivity contribution in [2.45, 2.75) is 16.7 Å². The third-order valence-electron chi connectivity index (χ3n) is 4.36. The van der Waals surface area contributed by atoms with Crippen molar-refractivity contribution >= 4 is 27.3 Å². The summed E-state index contributed by atoms with van der Waals surface area (Å²) < 4.78 is 31.9. The van der Waals surface area contributed by atoms with Gasteiger partial charge in [0.25, 0.3) is 10.0 Å². The van der Waals surface area contributed by atoms with E-state index in [0.29, 0.717) is 18.0 Å². The Kier molecular flexibility index (Phi) is 5.02. The molecule has 1 aromatic rings. The van der Waals surface area contributed by atoms with E-state index in [0.717, 1.165) is 43.9 Å². The Morgan fingerprint density at radius 2 is 2.04 bits per heavy atom. The van der Waals surface area contributed by atoms with Gasteiger partial charge in [0.1, 0.15) is 9.09 Å². The molecule has 2 aliphatic rings. The zero-order valence-electron chi connectivity index (χ0n) is 13.0. The maximum Gasteiger partial charge on any atom is 0.348 e. The van der Waals surface area contributed by atoms with Crippen molar-refractivity contribution in [3.8, 4) is 0 Å². The quantitative estimate of drug-likeness (QED) is 0.774. The lowest BCUT2D eigenvalue weighted by atomic mass is 10.2. The number of hydrogen-bond donors (Lipinski definition) is 1. The van der Waals surface area contributed by atoms with Gasteiger partial charge in [-0.15, -0.1) is 11.3 Å². The normalized spacial score (nSPS) is 24.0. The first kappa shape index (κ1) is 16.8. The molecule has 1 unspecified atom stereocenters. The number of hydrogen-bond acceptors (Lipinski definition) is 7. The zero-order chi connectivity index (χ0) is 16.4. The van der Waals surface area contributed by atoms with E-state index in [2.05, 4.69) is 15.0 Å². The number of ether oxygens (including phenoxy) is 1. The number of piperazine rings is 1. The molecule has 2 saturated heterocycles. The minimum absolute atomic E-state index is 0.207. The van der Waals surface area contributed by atoms with Crippen LogP contribution in [0.2, 0.25) is 0 Å². The molecule has 3 heterocycles. The van der Waals surface area contributed by atoms with E-state index in [1.807, 2.05) is 0 Å². The summed E-state index contributed by atoms with van der Waals surface area (Å²) in [6, 6.07) is 3.28. The van der Waals surface area contributed by atoms with E-state index in [1.165, 1.54) is 23.5 Å². The van der Waals surface area contributed by atoms with Crippen molar-refractivity contribution in [3.63, 3.8) is 0 Å². The summed E-state index contributed by atoms with van der Waals surface area (Å²) in [5.41, 5.74) is 0. The Hall–Kier alpha value is -1.00. The topological polar surface area (TPSA) is 79.0 Å². The SMILES string of the molecule is COC(=O)c1ccc(S(=O)(=O)N2CCC(N3CCNCC3)C2)s1. The van der Waals surface area contributed by atoms with Gasteiger partial charge < -0.3 is 10.1 Å². The van der Waals surface area contributed by atoms with Gasteiger partial charge in [-0.05, 0) is 18.6 Å². The minimum Gasteiger partial charge on any atom is -0.465 e. The van der Waals surface area contributed by atoms with Gasteiger partial charge in [-0.2, -0.15) is 4.31 Å². The molecule has 7 nitrogen and oxygen atoms in total. The summed E-state index contributed by atoms with van der Waals surface area (Å²) in [6.45, 7) is 4.89. The van der Waals surface area contributed by atoms with Crippen LogP contribution in [0.1, 0.15) is 16.1 Å². The number of rotatable bonds is 4. The highest BCUT2D eigenvalue weighted by molar-refractivity contribution is 7.91. The molecule has 0 amide bonds. The van der Waals surface area contributed by atoms with Gasteiger partial charge in [-0.1, -0.05) is 0 Å². The molecule has 3 rings (SSSR count). The number of nitrogens with one attached hydrogen (secondary N) is 1. The minimum atomic E-state index is -3.53. The third kappa shape index (κ3) is 3.43. The predicted molar refractivity (Wildman–Crippen MR) is 87.3 cm³/mol. The molecule has 0 aliphatic carbocycles. The van der Waals surface area contributed by atoms with Crippen LogP contribution in [-0.2, 0) is 14.8 Å². The van der Waals surface area contributed by atoms with Crippen LogP contribution in [0, 0.1) is 0 Å². The monoisotopic (exact) mass is 359 g/mol. The Bertz CT molecular complexity index is 667. The largest absolute Gasteiger partial charge is 0.465 e. The summed E-state index contributed by atoms with van der Waals surface area (Å²) in [7, 11) is -2.24. The first-order valence-corrected chi connectivity index (χ1v) is 9.91. The molecule has 0 saturated carbocycles. The Balaban J connectivity index is 1.70. The molecule has 9 heteroatoms. The van der Waals surface area contributed by atoms with Crippen molar-refractivity contribution in [1.29, 1.82) is 0 Å². The highest BCUT2D eigenvalue weighted by Crippen LogP contribution is 2.29. The first-order chi connectivity index (χ1) is 11.0. The standard InChI is InChI=1S/C14H21N3O4S2/c1-21-14(18)12-2-3-13(22-12)23(19,20)17-7-4-11(10-17)16-8-5-15-6-9-16/h2-3,11,15H,4-10H2,1H3. The summed E-state index contributed by atoms with van der Waals surface area (Å²) >= 11 is 0.968. The van der Waals surface area contributed by atoms with E-state index in [9.17, 15) is 13.2 Å². The summed E-state index contributed by atoms with van der Waals surface area (Å²) in [6.07, 6.45) is 0.856. The van der Waals surface area contributed by atoms with Crippen molar-refractivity contribution < 1.29 is 17.9 Å². The maximum absolute atomic E-state index is 12.7. The Morgan fingerprint density at radius 1 is 1.30 bits per heavy atom. The molecule has 0 spiro atoms. The van der Waals surface area contributed by atoms with Gasteiger partial charge in [-0.3, -0.25) is 4.90 Å². The second-order valence-electron chi connectivity index (χ2n) is 5.70. The van der Waals surface area contributed by atoms with Crippen LogP contribution in [0.5, 0.6) is 0 Å². The van der Waals surface area contributed by atoms with E-state index >= 15 is 0 Å². The fourth-order valence-corrected chi connectivity index (χ4v) is 5.94. The van der Waals surface area contributed by atoms with E-state index < -0.39 is 16.0 Å². The van der Waals surface area contributed by atoms with Crippen molar-refractivity contribution in [3.05, 3.63) is 17.0 Å². The van der Waals surface area contributed by atoms with Gasteiger partial charge in [0, 0.05) is 45.3 Å². The van der Waals surface area contributed by atoms with E-state index in [1.54, 1.807) is 0 Å². The van der Waals surface area contributed by atoms with Gasteiger partial charge in [0.15, 0.2) is 0 Å². The van der Waals surface area contributed by atoms with Gasteiger partial charge in [-0.25, -0.2) is 13.2 Å². The van der Waals surface area contributed by atoms with Crippen molar-refractivity contribution in [2.24, 2.45) is 0 Å². The van der Waals surface area contributed by atoms with Crippen molar-refractivity contribution in [2.75, 3.05) is 46.4 Å². The smallest absolute Gasteiger partial charge is 0.348 e. The molecule has 2 aliphatic heterocycles. The van der Waals surface area contributed by atoms with Gasteiger partial charge >= 0.3 is 5.97 Å². The fourth-order valence-electron chi connectivity index (χ4n) is 3.07. The van der Waals surface area contributed by atoms with Crippen molar-refractivity contribution in [1.82, 2.24) is 14.5 Å². The predicted octanol–water partition coefficient (Wildman–Crippen LogP) is 0.203. The van der Waals surface area contributed by atoms with Crippen LogP contribution in [0.25, 0.3) is 0 Å². The average molecular weight is 359 g/mol. The molecule has 128 valence electrons. The average Bonchev–Trinajstić information content (AvgIpc) is 3.25. The Labute approximate surface area is 140 Å². The van der Waals surface area contributed by atoms with Crippen LogP contribution in [0.3, 0.4) is 0 Å². The third-order valence-corrected chi connectivity index (χ3v) is 7.75. The van der Waals surface area contributed by atoms with Crippen LogP contribution >= 0.6 is 11.3 Å². The molecular weight excluding hydrogens is 338 g/mol. The molecule has 1 N–H and O–H groups in total. The molecule has 2 fully saturated rings. The number of methoxy groups -OCH3 is 1. The number of thiophene rings is 1.